The molecule has 1 aromatic carbocycles. The molecule has 1 heterocycles. The second-order valence-corrected chi connectivity index (χ2v) is 5.48. The Labute approximate surface area is 111 Å². The summed E-state index contributed by atoms with van der Waals surface area (Å²) in [6, 6.07) is 8.91. The number of hydrogen-bond donors (Lipinski definition) is 1. The highest BCUT2D eigenvalue weighted by Gasteiger charge is 2.23. The maximum Gasteiger partial charge on any atom is 0.0917 e. The van der Waals surface area contributed by atoms with Crippen molar-refractivity contribution in [1.82, 2.24) is 4.90 Å². The molecule has 0 bridgehead atoms. The van der Waals surface area contributed by atoms with Crippen molar-refractivity contribution in [2.45, 2.75) is 51.7 Å². The van der Waals surface area contributed by atoms with Crippen LogP contribution in [0.25, 0.3) is 0 Å². The van der Waals surface area contributed by atoms with Crippen LogP contribution in [0.2, 0.25) is 0 Å². The Morgan fingerprint density at radius 3 is 2.67 bits per heavy atom. The molecule has 2 unspecified atom stereocenters. The van der Waals surface area contributed by atoms with Crippen molar-refractivity contribution in [1.29, 1.82) is 0 Å². The number of likely N-dealkylation sites (tertiary alicyclic amines) is 1. The minimum Gasteiger partial charge on any atom is -0.387 e. The third-order valence-corrected chi connectivity index (χ3v) is 4.09. The second kappa shape index (κ2) is 6.35. The van der Waals surface area contributed by atoms with Gasteiger partial charge in [-0.3, -0.25) is 4.90 Å². The predicted molar refractivity (Wildman–Crippen MR) is 75.6 cm³/mol. The van der Waals surface area contributed by atoms with Crippen LogP contribution in [-0.2, 0) is 0 Å². The highest BCUT2D eigenvalue weighted by Crippen LogP contribution is 2.23. The summed E-state index contributed by atoms with van der Waals surface area (Å²) in [5, 5.41) is 10.3. The van der Waals surface area contributed by atoms with Crippen molar-refractivity contribution >= 4 is 0 Å². The van der Waals surface area contributed by atoms with Crippen LogP contribution in [0.5, 0.6) is 0 Å². The number of nitrogens with zero attached hydrogens (tertiary/aromatic N) is 1. The molecule has 1 aliphatic heterocycles. The smallest absolute Gasteiger partial charge is 0.0917 e. The van der Waals surface area contributed by atoms with Crippen molar-refractivity contribution in [3.63, 3.8) is 0 Å². The van der Waals surface area contributed by atoms with Crippen LogP contribution in [0.4, 0.5) is 0 Å². The fourth-order valence-corrected chi connectivity index (χ4v) is 2.88. The molecule has 18 heavy (non-hydrogen) atoms. The quantitative estimate of drug-likeness (QED) is 0.882. The van der Waals surface area contributed by atoms with Crippen LogP contribution in [0.1, 0.15) is 49.8 Å². The van der Waals surface area contributed by atoms with Gasteiger partial charge in [-0.05, 0) is 38.3 Å². The molecule has 1 aliphatic rings. The van der Waals surface area contributed by atoms with E-state index in [4.69, 9.17) is 0 Å². The zero-order valence-electron chi connectivity index (χ0n) is 11.6. The van der Waals surface area contributed by atoms with Gasteiger partial charge in [0.25, 0.3) is 0 Å². The van der Waals surface area contributed by atoms with Gasteiger partial charge in [-0.2, -0.15) is 0 Å². The maximum absolute atomic E-state index is 10.3. The molecule has 2 rings (SSSR count). The molecule has 0 aliphatic carbocycles. The Balaban J connectivity index is 1.97. The minimum absolute atomic E-state index is 0.349. The summed E-state index contributed by atoms with van der Waals surface area (Å²) in [7, 11) is 0. The van der Waals surface area contributed by atoms with Gasteiger partial charge in [0.1, 0.15) is 0 Å². The fourth-order valence-electron chi connectivity index (χ4n) is 2.88. The number of aryl methyl sites for hydroxylation is 1. The number of piperidine rings is 1. The van der Waals surface area contributed by atoms with Gasteiger partial charge in [0, 0.05) is 12.6 Å². The molecule has 0 amide bonds. The summed E-state index contributed by atoms with van der Waals surface area (Å²) in [6.45, 7) is 6.25. The summed E-state index contributed by atoms with van der Waals surface area (Å²) < 4.78 is 0. The Morgan fingerprint density at radius 2 is 2.00 bits per heavy atom. The van der Waals surface area contributed by atoms with Crippen molar-refractivity contribution in [2.24, 2.45) is 0 Å². The number of hydrogen-bond acceptors (Lipinski definition) is 2. The lowest BCUT2D eigenvalue weighted by Gasteiger charge is -2.36. The number of benzene rings is 1. The Morgan fingerprint density at radius 1 is 1.28 bits per heavy atom. The zero-order valence-corrected chi connectivity index (χ0v) is 11.6. The van der Waals surface area contributed by atoms with E-state index in [1.165, 1.54) is 31.2 Å². The number of rotatable bonds is 4. The topological polar surface area (TPSA) is 23.5 Å². The van der Waals surface area contributed by atoms with Crippen molar-refractivity contribution < 1.29 is 5.11 Å². The first-order valence-electron chi connectivity index (χ1n) is 7.19. The van der Waals surface area contributed by atoms with E-state index in [0.29, 0.717) is 6.04 Å². The molecular weight excluding hydrogens is 222 g/mol. The molecule has 0 spiro atoms. The number of aliphatic hydroxyl groups is 1. The lowest BCUT2D eigenvalue weighted by Crippen LogP contribution is -2.41. The molecule has 1 saturated heterocycles. The largest absolute Gasteiger partial charge is 0.387 e. The van der Waals surface area contributed by atoms with Crippen LogP contribution in [0.15, 0.2) is 24.3 Å². The normalized spacial score (nSPS) is 22.9. The molecule has 2 heteroatoms. The van der Waals surface area contributed by atoms with Gasteiger partial charge in [-0.1, -0.05) is 43.2 Å². The standard InChI is InChI=1S/C16H25NO/c1-3-15-6-4-5-11-17(15)12-16(18)14-9-7-13(2)8-10-14/h7-10,15-16,18H,3-6,11-12H2,1-2H3. The van der Waals surface area contributed by atoms with Crippen LogP contribution >= 0.6 is 0 Å². The van der Waals surface area contributed by atoms with Gasteiger partial charge in [0.2, 0.25) is 0 Å². The number of aliphatic hydroxyl groups excluding tert-OH is 1. The zero-order chi connectivity index (χ0) is 13.0. The van der Waals surface area contributed by atoms with E-state index in [1.54, 1.807) is 0 Å². The van der Waals surface area contributed by atoms with Crippen molar-refractivity contribution in [3.8, 4) is 0 Å². The molecule has 1 N–H and O–H groups in total. The summed E-state index contributed by atoms with van der Waals surface area (Å²) in [4.78, 5) is 2.47. The van der Waals surface area contributed by atoms with E-state index in [-0.39, 0.29) is 6.10 Å². The highest BCUT2D eigenvalue weighted by molar-refractivity contribution is 5.23. The monoisotopic (exact) mass is 247 g/mol. The Kier molecular flexibility index (Phi) is 4.79. The van der Waals surface area contributed by atoms with Gasteiger partial charge in [-0.25, -0.2) is 0 Å². The molecule has 0 radical (unpaired) electrons. The van der Waals surface area contributed by atoms with Gasteiger partial charge < -0.3 is 5.11 Å². The predicted octanol–water partition coefficient (Wildman–Crippen LogP) is 3.29. The van der Waals surface area contributed by atoms with E-state index in [2.05, 4.69) is 30.9 Å². The molecular formula is C16H25NO. The second-order valence-electron chi connectivity index (χ2n) is 5.48. The Bertz CT molecular complexity index is 360. The van der Waals surface area contributed by atoms with Gasteiger partial charge in [0.05, 0.1) is 6.10 Å². The maximum atomic E-state index is 10.3. The van der Waals surface area contributed by atoms with E-state index >= 15 is 0 Å². The van der Waals surface area contributed by atoms with E-state index in [9.17, 15) is 5.11 Å². The third kappa shape index (κ3) is 3.33. The molecule has 100 valence electrons. The van der Waals surface area contributed by atoms with Crippen LogP contribution in [-0.4, -0.2) is 29.1 Å². The molecule has 2 atom stereocenters. The van der Waals surface area contributed by atoms with E-state index in [1.807, 2.05) is 12.1 Å². The van der Waals surface area contributed by atoms with E-state index < -0.39 is 0 Å². The van der Waals surface area contributed by atoms with Gasteiger partial charge in [0.15, 0.2) is 0 Å². The lowest BCUT2D eigenvalue weighted by molar-refractivity contribution is 0.0656. The SMILES string of the molecule is CCC1CCCCN1CC(O)c1ccc(C)cc1. The first-order chi connectivity index (χ1) is 8.70. The summed E-state index contributed by atoms with van der Waals surface area (Å²) >= 11 is 0. The fraction of sp³-hybridized carbons (Fsp3) is 0.625. The average Bonchev–Trinajstić information content (AvgIpc) is 2.40. The van der Waals surface area contributed by atoms with Crippen LogP contribution in [0.3, 0.4) is 0 Å². The average molecular weight is 247 g/mol. The highest BCUT2D eigenvalue weighted by atomic mass is 16.3. The van der Waals surface area contributed by atoms with Crippen molar-refractivity contribution in [3.05, 3.63) is 35.4 Å². The summed E-state index contributed by atoms with van der Waals surface area (Å²) in [5.41, 5.74) is 2.29. The first-order valence-corrected chi connectivity index (χ1v) is 7.19. The van der Waals surface area contributed by atoms with Crippen LogP contribution < -0.4 is 0 Å². The van der Waals surface area contributed by atoms with E-state index in [0.717, 1.165) is 18.7 Å². The molecule has 1 aromatic rings. The molecule has 2 nitrogen and oxygen atoms in total. The van der Waals surface area contributed by atoms with Gasteiger partial charge >= 0.3 is 0 Å². The molecule has 0 saturated carbocycles. The Hall–Kier alpha value is -0.860. The summed E-state index contributed by atoms with van der Waals surface area (Å²) in [6.07, 6.45) is 4.75. The molecule has 0 aromatic heterocycles. The summed E-state index contributed by atoms with van der Waals surface area (Å²) in [5.74, 6) is 0. The minimum atomic E-state index is -0.349. The molecule has 1 fully saturated rings. The van der Waals surface area contributed by atoms with Crippen LogP contribution in [0, 0.1) is 6.92 Å². The van der Waals surface area contributed by atoms with Crippen molar-refractivity contribution in [2.75, 3.05) is 13.1 Å². The first kappa shape index (κ1) is 13.6. The third-order valence-electron chi connectivity index (χ3n) is 4.09. The lowest BCUT2D eigenvalue weighted by atomic mass is 9.98. The van der Waals surface area contributed by atoms with Gasteiger partial charge in [-0.15, -0.1) is 0 Å². The number of β-amino-alcohol motifs (C(OH)–C–C–N with tert-alkyl or cyclic N) is 1.